The molecule has 0 aliphatic carbocycles. The van der Waals surface area contributed by atoms with Gasteiger partial charge in [-0.25, -0.2) is 0 Å². The molecule has 154 valence electrons. The molecule has 6 nitrogen and oxygen atoms in total. The van der Waals surface area contributed by atoms with Gasteiger partial charge in [-0.3, -0.25) is 9.89 Å². The summed E-state index contributed by atoms with van der Waals surface area (Å²) in [6, 6.07) is 8.16. The summed E-state index contributed by atoms with van der Waals surface area (Å²) >= 11 is 0. The van der Waals surface area contributed by atoms with Crippen LogP contribution in [0.15, 0.2) is 29.3 Å². The minimum atomic E-state index is 0. The van der Waals surface area contributed by atoms with Gasteiger partial charge in [0.2, 0.25) is 0 Å². The molecule has 2 rings (SSSR count). The third kappa shape index (κ3) is 8.66. The zero-order valence-electron chi connectivity index (χ0n) is 16.9. The second-order valence-electron chi connectivity index (χ2n) is 6.60. The maximum absolute atomic E-state index is 5.46. The predicted molar refractivity (Wildman–Crippen MR) is 123 cm³/mol. The quantitative estimate of drug-likeness (QED) is 0.241. The van der Waals surface area contributed by atoms with E-state index in [9.17, 15) is 0 Å². The molecular weight excluding hydrogens is 455 g/mol. The molecule has 0 aromatic heterocycles. The van der Waals surface area contributed by atoms with Crippen molar-refractivity contribution in [2.75, 3.05) is 59.6 Å². The molecule has 1 aromatic carbocycles. The van der Waals surface area contributed by atoms with Crippen molar-refractivity contribution in [1.82, 2.24) is 15.5 Å². The fourth-order valence-corrected chi connectivity index (χ4v) is 3.08. The van der Waals surface area contributed by atoms with E-state index in [1.165, 1.54) is 5.56 Å². The molecule has 27 heavy (non-hydrogen) atoms. The molecule has 0 bridgehead atoms. The number of aliphatic imine (C=N–C) groups is 1. The summed E-state index contributed by atoms with van der Waals surface area (Å²) in [5.74, 6) is 2.12. The maximum atomic E-state index is 5.46. The number of halogens is 1. The predicted octanol–water partition coefficient (Wildman–Crippen LogP) is 2.69. The molecule has 1 fully saturated rings. The highest BCUT2D eigenvalue weighted by atomic mass is 127. The van der Waals surface area contributed by atoms with Crippen LogP contribution in [0.25, 0.3) is 0 Å². The molecule has 0 spiro atoms. The Morgan fingerprint density at radius 1 is 1.26 bits per heavy atom. The third-order valence-electron chi connectivity index (χ3n) is 4.58. The van der Waals surface area contributed by atoms with Crippen molar-refractivity contribution in [3.63, 3.8) is 0 Å². The van der Waals surface area contributed by atoms with Gasteiger partial charge in [-0.15, -0.1) is 24.0 Å². The summed E-state index contributed by atoms with van der Waals surface area (Å²) in [5, 5.41) is 6.78. The van der Waals surface area contributed by atoms with Crippen molar-refractivity contribution in [3.8, 4) is 5.75 Å². The first kappa shape index (κ1) is 24.0. The summed E-state index contributed by atoms with van der Waals surface area (Å²) in [6.07, 6.45) is 1.10. The van der Waals surface area contributed by atoms with Gasteiger partial charge in [0, 0.05) is 38.6 Å². The van der Waals surface area contributed by atoms with Crippen LogP contribution in [0.1, 0.15) is 31.7 Å². The number of hydrogen-bond donors (Lipinski definition) is 2. The smallest absolute Gasteiger partial charge is 0.191 e. The first-order valence-corrected chi connectivity index (χ1v) is 9.69. The number of guanidine groups is 1. The number of benzene rings is 1. The molecule has 1 aliphatic rings. The molecule has 1 heterocycles. The number of morpholine rings is 1. The maximum Gasteiger partial charge on any atom is 0.191 e. The van der Waals surface area contributed by atoms with Crippen molar-refractivity contribution in [2.24, 2.45) is 4.99 Å². The van der Waals surface area contributed by atoms with Gasteiger partial charge < -0.3 is 20.1 Å². The number of hydrogen-bond acceptors (Lipinski definition) is 4. The van der Waals surface area contributed by atoms with E-state index in [1.807, 2.05) is 18.2 Å². The Kier molecular flexibility index (Phi) is 12.4. The Balaban J connectivity index is 0.00000364. The van der Waals surface area contributed by atoms with Crippen LogP contribution in [0.2, 0.25) is 0 Å². The SMILES string of the molecule is CCNC(=NCC(C)c1ccccc1OC)NCCCN1CCOCC1.I. The highest BCUT2D eigenvalue weighted by molar-refractivity contribution is 14.0. The van der Waals surface area contributed by atoms with E-state index in [0.29, 0.717) is 5.92 Å². The molecule has 1 saturated heterocycles. The number of ether oxygens (including phenoxy) is 2. The average molecular weight is 490 g/mol. The Labute approximate surface area is 181 Å². The number of nitrogens with one attached hydrogen (secondary N) is 2. The normalized spacial score (nSPS) is 16.3. The Morgan fingerprint density at radius 3 is 2.70 bits per heavy atom. The molecule has 1 aliphatic heterocycles. The number of para-hydroxylation sites is 1. The molecule has 7 heteroatoms. The lowest BCUT2D eigenvalue weighted by molar-refractivity contribution is 0.0376. The van der Waals surface area contributed by atoms with Crippen LogP contribution >= 0.6 is 24.0 Å². The van der Waals surface area contributed by atoms with Crippen LogP contribution in [0.3, 0.4) is 0 Å². The van der Waals surface area contributed by atoms with Gasteiger partial charge >= 0.3 is 0 Å². The minimum absolute atomic E-state index is 0. The average Bonchev–Trinajstić information content (AvgIpc) is 2.69. The molecule has 0 saturated carbocycles. The van der Waals surface area contributed by atoms with Crippen molar-refractivity contribution in [3.05, 3.63) is 29.8 Å². The van der Waals surface area contributed by atoms with Crippen molar-refractivity contribution >= 4 is 29.9 Å². The largest absolute Gasteiger partial charge is 0.496 e. The minimum Gasteiger partial charge on any atom is -0.496 e. The van der Waals surface area contributed by atoms with Crippen molar-refractivity contribution < 1.29 is 9.47 Å². The molecule has 0 radical (unpaired) electrons. The van der Waals surface area contributed by atoms with E-state index in [1.54, 1.807) is 7.11 Å². The number of rotatable bonds is 9. The van der Waals surface area contributed by atoms with Gasteiger partial charge in [0.25, 0.3) is 0 Å². The lowest BCUT2D eigenvalue weighted by Gasteiger charge is -2.26. The monoisotopic (exact) mass is 490 g/mol. The first-order valence-electron chi connectivity index (χ1n) is 9.69. The lowest BCUT2D eigenvalue weighted by atomic mass is 10.0. The molecule has 1 aromatic rings. The van der Waals surface area contributed by atoms with E-state index in [2.05, 4.69) is 35.4 Å². The van der Waals surface area contributed by atoms with Gasteiger partial charge in [0.15, 0.2) is 5.96 Å². The van der Waals surface area contributed by atoms with E-state index in [4.69, 9.17) is 14.5 Å². The zero-order chi connectivity index (χ0) is 18.6. The summed E-state index contributed by atoms with van der Waals surface area (Å²) in [4.78, 5) is 7.21. The fourth-order valence-electron chi connectivity index (χ4n) is 3.08. The number of nitrogens with zero attached hydrogens (tertiary/aromatic N) is 2. The summed E-state index contributed by atoms with van der Waals surface area (Å²) < 4.78 is 10.9. The topological polar surface area (TPSA) is 58.1 Å². The van der Waals surface area contributed by atoms with E-state index in [-0.39, 0.29) is 24.0 Å². The third-order valence-corrected chi connectivity index (χ3v) is 4.58. The molecule has 0 amide bonds. The Morgan fingerprint density at radius 2 is 2.00 bits per heavy atom. The van der Waals surface area contributed by atoms with Crippen LogP contribution in [0, 0.1) is 0 Å². The Bertz CT molecular complexity index is 551. The fraction of sp³-hybridized carbons (Fsp3) is 0.650. The molecular formula is C20H35IN4O2. The summed E-state index contributed by atoms with van der Waals surface area (Å²) in [6.45, 7) is 11.7. The van der Waals surface area contributed by atoms with Crippen LogP contribution in [0.5, 0.6) is 5.75 Å². The lowest BCUT2D eigenvalue weighted by Crippen LogP contribution is -2.40. The molecule has 1 atom stereocenters. The molecule has 1 unspecified atom stereocenters. The first-order chi connectivity index (χ1) is 12.7. The highest BCUT2D eigenvalue weighted by Crippen LogP contribution is 2.26. The van der Waals surface area contributed by atoms with E-state index in [0.717, 1.165) is 70.6 Å². The van der Waals surface area contributed by atoms with Crippen molar-refractivity contribution in [1.29, 1.82) is 0 Å². The van der Waals surface area contributed by atoms with E-state index < -0.39 is 0 Å². The van der Waals surface area contributed by atoms with Crippen LogP contribution in [0.4, 0.5) is 0 Å². The summed E-state index contributed by atoms with van der Waals surface area (Å²) in [7, 11) is 1.72. The second kappa shape index (κ2) is 14.0. The second-order valence-corrected chi connectivity index (χ2v) is 6.60. The zero-order valence-corrected chi connectivity index (χ0v) is 19.2. The van der Waals surface area contributed by atoms with Crippen LogP contribution in [-0.2, 0) is 4.74 Å². The Hall–Kier alpha value is -1.06. The number of methoxy groups -OCH3 is 1. The van der Waals surface area contributed by atoms with Crippen molar-refractivity contribution in [2.45, 2.75) is 26.2 Å². The van der Waals surface area contributed by atoms with Crippen LogP contribution in [-0.4, -0.2) is 70.5 Å². The van der Waals surface area contributed by atoms with Gasteiger partial charge in [0.05, 0.1) is 20.3 Å². The van der Waals surface area contributed by atoms with Gasteiger partial charge in [0.1, 0.15) is 5.75 Å². The molecule has 2 N–H and O–H groups in total. The van der Waals surface area contributed by atoms with Gasteiger partial charge in [-0.05, 0) is 31.5 Å². The summed E-state index contributed by atoms with van der Waals surface area (Å²) in [5.41, 5.74) is 1.20. The standard InChI is InChI=1S/C20H34N4O2.HI/c1-4-21-20(22-10-7-11-24-12-14-26-15-13-24)23-16-17(2)18-8-5-6-9-19(18)25-3;/h5-6,8-9,17H,4,7,10-16H2,1-3H3,(H2,21,22,23);1H. The van der Waals surface area contributed by atoms with E-state index >= 15 is 0 Å². The van der Waals surface area contributed by atoms with Gasteiger partial charge in [-0.2, -0.15) is 0 Å². The highest BCUT2D eigenvalue weighted by Gasteiger charge is 2.11. The van der Waals surface area contributed by atoms with Gasteiger partial charge in [-0.1, -0.05) is 25.1 Å². The van der Waals surface area contributed by atoms with Crippen LogP contribution < -0.4 is 15.4 Å².